The summed E-state index contributed by atoms with van der Waals surface area (Å²) in [5, 5.41) is 0. The van der Waals surface area contributed by atoms with Crippen LogP contribution in [0.25, 0.3) is 0 Å². The first-order valence-electron chi connectivity index (χ1n) is 4.56. The molecule has 5 heteroatoms. The van der Waals surface area contributed by atoms with E-state index < -0.39 is 17.7 Å². The summed E-state index contributed by atoms with van der Waals surface area (Å²) in [5.41, 5.74) is 0. The first-order valence-corrected chi connectivity index (χ1v) is 4.56. The van der Waals surface area contributed by atoms with Crippen LogP contribution in [0.1, 0.15) is 39.5 Å². The van der Waals surface area contributed by atoms with Crippen molar-refractivity contribution in [3.63, 3.8) is 0 Å². The van der Waals surface area contributed by atoms with Crippen LogP contribution in [-0.4, -0.2) is 17.7 Å². The van der Waals surface area contributed by atoms with Crippen molar-refractivity contribution in [2.75, 3.05) is 0 Å². The average molecular weight is 202 g/mol. The van der Waals surface area contributed by atoms with Gasteiger partial charge < -0.3 is 0 Å². The van der Waals surface area contributed by atoms with E-state index in [4.69, 9.17) is 0 Å². The molecule has 0 aliphatic rings. The molecule has 0 fully saturated rings. The largest absolute Gasteiger partial charge is 0.421 e. The SMILES string of the molecule is CCCC(=O)OOC(=O)C(=O)CCC. The van der Waals surface area contributed by atoms with Gasteiger partial charge in [0.15, 0.2) is 0 Å². The molecule has 0 saturated heterocycles. The van der Waals surface area contributed by atoms with Crippen molar-refractivity contribution < 1.29 is 24.2 Å². The molecule has 0 heterocycles. The highest BCUT2D eigenvalue weighted by Crippen LogP contribution is 1.96. The van der Waals surface area contributed by atoms with E-state index in [1.54, 1.807) is 13.8 Å². The maximum atomic E-state index is 10.8. The van der Waals surface area contributed by atoms with Gasteiger partial charge in [-0.05, 0) is 12.8 Å². The van der Waals surface area contributed by atoms with E-state index in [9.17, 15) is 14.4 Å². The molecular weight excluding hydrogens is 188 g/mol. The van der Waals surface area contributed by atoms with Crippen LogP contribution in [0, 0.1) is 0 Å². The van der Waals surface area contributed by atoms with Crippen LogP contribution >= 0.6 is 0 Å². The molecule has 0 amide bonds. The molecule has 0 radical (unpaired) electrons. The molecule has 0 saturated carbocycles. The monoisotopic (exact) mass is 202 g/mol. The fourth-order valence-corrected chi connectivity index (χ4v) is 0.706. The van der Waals surface area contributed by atoms with Gasteiger partial charge in [0.25, 0.3) is 0 Å². The van der Waals surface area contributed by atoms with Crippen LogP contribution in [0.3, 0.4) is 0 Å². The van der Waals surface area contributed by atoms with Crippen molar-refractivity contribution in [3.05, 3.63) is 0 Å². The number of hydrogen-bond donors (Lipinski definition) is 0. The molecule has 0 rings (SSSR count). The van der Waals surface area contributed by atoms with Gasteiger partial charge in [0.1, 0.15) is 0 Å². The average Bonchev–Trinajstić information content (AvgIpc) is 2.15. The summed E-state index contributed by atoms with van der Waals surface area (Å²) < 4.78 is 0. The fraction of sp³-hybridized carbons (Fsp3) is 0.667. The molecule has 80 valence electrons. The Hall–Kier alpha value is -1.39. The third kappa shape index (κ3) is 5.29. The van der Waals surface area contributed by atoms with Crippen LogP contribution in [0.5, 0.6) is 0 Å². The zero-order chi connectivity index (χ0) is 11.0. The topological polar surface area (TPSA) is 69.7 Å². The summed E-state index contributed by atoms with van der Waals surface area (Å²) in [5.74, 6) is -2.45. The van der Waals surface area contributed by atoms with Crippen LogP contribution < -0.4 is 0 Å². The molecule has 0 aromatic heterocycles. The Morgan fingerprint density at radius 1 is 0.929 bits per heavy atom. The maximum absolute atomic E-state index is 10.8. The first kappa shape index (κ1) is 12.6. The summed E-state index contributed by atoms with van der Waals surface area (Å²) in [7, 11) is 0. The maximum Gasteiger partial charge on any atom is 0.421 e. The van der Waals surface area contributed by atoms with Gasteiger partial charge in [-0.1, -0.05) is 13.8 Å². The molecular formula is C9H14O5. The third-order valence-electron chi connectivity index (χ3n) is 1.37. The van der Waals surface area contributed by atoms with Crippen LogP contribution in [0.15, 0.2) is 0 Å². The molecule has 0 unspecified atom stereocenters. The van der Waals surface area contributed by atoms with Crippen LogP contribution in [0.4, 0.5) is 0 Å². The highest BCUT2D eigenvalue weighted by atomic mass is 17.2. The van der Waals surface area contributed by atoms with Gasteiger partial charge in [-0.2, -0.15) is 0 Å². The normalized spacial score (nSPS) is 9.29. The second kappa shape index (κ2) is 7.06. The lowest BCUT2D eigenvalue weighted by molar-refractivity contribution is -0.256. The van der Waals surface area contributed by atoms with Crippen LogP contribution in [0.2, 0.25) is 0 Å². The summed E-state index contributed by atoms with van der Waals surface area (Å²) in [6.07, 6.45) is 1.41. The lowest BCUT2D eigenvalue weighted by atomic mass is 10.2. The van der Waals surface area contributed by atoms with Crippen molar-refractivity contribution >= 4 is 17.7 Å². The Morgan fingerprint density at radius 3 is 2.00 bits per heavy atom. The Labute approximate surface area is 82.3 Å². The predicted octanol–water partition coefficient (Wildman–Crippen LogP) is 1.16. The second-order valence-electron chi connectivity index (χ2n) is 2.75. The lowest BCUT2D eigenvalue weighted by Crippen LogP contribution is -2.19. The van der Waals surface area contributed by atoms with Gasteiger partial charge in [-0.15, -0.1) is 0 Å². The molecule has 0 aliphatic heterocycles. The van der Waals surface area contributed by atoms with Gasteiger partial charge in [0, 0.05) is 12.8 Å². The van der Waals surface area contributed by atoms with Crippen molar-refractivity contribution in [2.24, 2.45) is 0 Å². The number of ketones is 1. The Balaban J connectivity index is 3.73. The van der Waals surface area contributed by atoms with Gasteiger partial charge in [0.2, 0.25) is 5.78 Å². The highest BCUT2D eigenvalue weighted by molar-refractivity contribution is 6.33. The standard InChI is InChI=1S/C9H14O5/c1-3-5-7(10)9(12)14-13-8(11)6-4-2/h3-6H2,1-2H3. The van der Waals surface area contributed by atoms with E-state index in [-0.39, 0.29) is 12.8 Å². The number of carbonyl (C=O) groups is 3. The molecule has 14 heavy (non-hydrogen) atoms. The predicted molar refractivity (Wildman–Crippen MR) is 47.0 cm³/mol. The summed E-state index contributed by atoms with van der Waals surface area (Å²) >= 11 is 0. The molecule has 0 spiro atoms. The quantitative estimate of drug-likeness (QED) is 0.380. The molecule has 0 bridgehead atoms. The number of rotatable bonds is 5. The fourth-order valence-electron chi connectivity index (χ4n) is 0.706. The zero-order valence-corrected chi connectivity index (χ0v) is 8.37. The Bertz CT molecular complexity index is 221. The van der Waals surface area contributed by atoms with Crippen molar-refractivity contribution in [1.29, 1.82) is 0 Å². The van der Waals surface area contributed by atoms with Gasteiger partial charge in [-0.25, -0.2) is 19.4 Å². The van der Waals surface area contributed by atoms with Gasteiger partial charge >= 0.3 is 11.9 Å². The van der Waals surface area contributed by atoms with Crippen molar-refractivity contribution in [3.8, 4) is 0 Å². The summed E-state index contributed by atoms with van der Waals surface area (Å²) in [6, 6.07) is 0. The number of carbonyl (C=O) groups excluding carboxylic acids is 3. The summed E-state index contributed by atoms with van der Waals surface area (Å²) in [6.45, 7) is 3.54. The molecule has 0 atom stereocenters. The smallest absolute Gasteiger partial charge is 0.287 e. The van der Waals surface area contributed by atoms with Crippen molar-refractivity contribution in [1.82, 2.24) is 0 Å². The van der Waals surface area contributed by atoms with E-state index >= 15 is 0 Å². The minimum absolute atomic E-state index is 0.101. The molecule has 0 aromatic carbocycles. The zero-order valence-electron chi connectivity index (χ0n) is 8.37. The van der Waals surface area contributed by atoms with E-state index in [2.05, 4.69) is 9.78 Å². The van der Waals surface area contributed by atoms with Crippen molar-refractivity contribution in [2.45, 2.75) is 39.5 Å². The van der Waals surface area contributed by atoms with E-state index in [1.807, 2.05) is 0 Å². The van der Waals surface area contributed by atoms with Crippen LogP contribution in [-0.2, 0) is 24.2 Å². The number of Topliss-reactive ketones (excluding diaryl/α,β-unsaturated/α-hetero) is 1. The van der Waals surface area contributed by atoms with Gasteiger partial charge in [-0.3, -0.25) is 4.79 Å². The Morgan fingerprint density at radius 2 is 1.50 bits per heavy atom. The molecule has 0 aromatic rings. The highest BCUT2D eigenvalue weighted by Gasteiger charge is 2.17. The number of hydrogen-bond acceptors (Lipinski definition) is 5. The minimum Gasteiger partial charge on any atom is -0.287 e. The molecule has 5 nitrogen and oxygen atoms in total. The van der Waals surface area contributed by atoms with E-state index in [0.717, 1.165) is 0 Å². The Kier molecular flexibility index (Phi) is 6.36. The molecule has 0 aliphatic carbocycles. The van der Waals surface area contributed by atoms with E-state index in [1.165, 1.54) is 0 Å². The molecule has 0 N–H and O–H groups in total. The second-order valence-corrected chi connectivity index (χ2v) is 2.75. The minimum atomic E-state index is -1.11. The van der Waals surface area contributed by atoms with E-state index in [0.29, 0.717) is 12.8 Å². The van der Waals surface area contributed by atoms with Gasteiger partial charge in [0.05, 0.1) is 0 Å². The third-order valence-corrected chi connectivity index (χ3v) is 1.37. The summed E-state index contributed by atoms with van der Waals surface area (Å²) in [4.78, 5) is 40.5. The lowest BCUT2D eigenvalue weighted by Gasteiger charge is -2.00. The first-order chi connectivity index (χ1) is 6.61.